The van der Waals surface area contributed by atoms with Gasteiger partial charge in [-0.15, -0.1) is 0 Å². The summed E-state index contributed by atoms with van der Waals surface area (Å²) in [5.74, 6) is 1.90. The van der Waals surface area contributed by atoms with Crippen molar-refractivity contribution in [1.82, 2.24) is 9.97 Å². The Morgan fingerprint density at radius 3 is 2.89 bits per heavy atom. The highest BCUT2D eigenvalue weighted by Gasteiger charge is 2.15. The van der Waals surface area contributed by atoms with Crippen LogP contribution in [0.2, 0.25) is 0 Å². The molecule has 0 unspecified atom stereocenters. The number of aromatic nitrogens is 2. The fourth-order valence-electron chi connectivity index (χ4n) is 2.05. The van der Waals surface area contributed by atoms with E-state index in [1.54, 1.807) is 0 Å². The molecule has 2 heterocycles. The Morgan fingerprint density at radius 2 is 2.16 bits per heavy atom. The molecule has 0 aliphatic carbocycles. The highest BCUT2D eigenvalue weighted by atomic mass is 16.5. The summed E-state index contributed by atoms with van der Waals surface area (Å²) in [6.45, 7) is 7.36. The first-order valence-electron chi connectivity index (χ1n) is 7.08. The SMILES string of the molecule is CCCNc1nc(C)cc(OCC2CCOCC2)n1. The molecule has 1 aliphatic rings. The number of hydrogen-bond acceptors (Lipinski definition) is 5. The maximum Gasteiger partial charge on any atom is 0.226 e. The first kappa shape index (κ1) is 14.1. The van der Waals surface area contributed by atoms with E-state index in [0.29, 0.717) is 24.4 Å². The Hall–Kier alpha value is -1.36. The van der Waals surface area contributed by atoms with Crippen molar-refractivity contribution in [3.05, 3.63) is 11.8 Å². The van der Waals surface area contributed by atoms with Gasteiger partial charge in [-0.05, 0) is 32.1 Å². The maximum atomic E-state index is 5.80. The van der Waals surface area contributed by atoms with Gasteiger partial charge in [-0.25, -0.2) is 4.98 Å². The van der Waals surface area contributed by atoms with Crippen LogP contribution in [0.1, 0.15) is 31.9 Å². The zero-order chi connectivity index (χ0) is 13.5. The molecule has 5 nitrogen and oxygen atoms in total. The van der Waals surface area contributed by atoms with Gasteiger partial charge in [0.15, 0.2) is 0 Å². The molecule has 1 aromatic heterocycles. The molecule has 19 heavy (non-hydrogen) atoms. The average Bonchev–Trinajstić information content (AvgIpc) is 2.43. The standard InChI is InChI=1S/C14H23N3O2/c1-3-6-15-14-16-11(2)9-13(17-14)19-10-12-4-7-18-8-5-12/h9,12H,3-8,10H2,1-2H3,(H,15,16,17). The number of rotatable bonds is 6. The Bertz CT molecular complexity index is 392. The predicted octanol–water partition coefficient (Wildman–Crippen LogP) is 2.41. The van der Waals surface area contributed by atoms with Gasteiger partial charge in [-0.1, -0.05) is 6.92 Å². The molecule has 0 spiro atoms. The minimum Gasteiger partial charge on any atom is -0.477 e. The Labute approximate surface area is 114 Å². The molecule has 1 fully saturated rings. The Balaban J connectivity index is 1.89. The van der Waals surface area contributed by atoms with E-state index < -0.39 is 0 Å². The fourth-order valence-corrected chi connectivity index (χ4v) is 2.05. The zero-order valence-electron chi connectivity index (χ0n) is 11.8. The highest BCUT2D eigenvalue weighted by Crippen LogP contribution is 2.18. The molecule has 1 aliphatic heterocycles. The van der Waals surface area contributed by atoms with Crippen LogP contribution in [0.3, 0.4) is 0 Å². The molecular formula is C14H23N3O2. The second-order valence-corrected chi connectivity index (χ2v) is 4.96. The summed E-state index contributed by atoms with van der Waals surface area (Å²) in [4.78, 5) is 8.72. The predicted molar refractivity (Wildman–Crippen MR) is 74.6 cm³/mol. The fraction of sp³-hybridized carbons (Fsp3) is 0.714. The number of nitrogens with one attached hydrogen (secondary N) is 1. The summed E-state index contributed by atoms with van der Waals surface area (Å²) >= 11 is 0. The summed E-state index contributed by atoms with van der Waals surface area (Å²) in [5.41, 5.74) is 0.926. The van der Waals surface area contributed by atoms with Gasteiger partial charge in [0.05, 0.1) is 6.61 Å². The van der Waals surface area contributed by atoms with E-state index in [0.717, 1.165) is 44.7 Å². The van der Waals surface area contributed by atoms with E-state index >= 15 is 0 Å². The number of anilines is 1. The van der Waals surface area contributed by atoms with Crippen LogP contribution in [0.5, 0.6) is 5.88 Å². The molecule has 1 N–H and O–H groups in total. The maximum absolute atomic E-state index is 5.80. The lowest BCUT2D eigenvalue weighted by molar-refractivity contribution is 0.0490. The molecule has 0 bridgehead atoms. The summed E-state index contributed by atoms with van der Waals surface area (Å²) in [6, 6.07) is 1.89. The van der Waals surface area contributed by atoms with Crippen LogP contribution in [-0.4, -0.2) is 36.3 Å². The van der Waals surface area contributed by atoms with Gasteiger partial charge < -0.3 is 14.8 Å². The highest BCUT2D eigenvalue weighted by molar-refractivity contribution is 5.30. The Morgan fingerprint density at radius 1 is 1.37 bits per heavy atom. The van der Waals surface area contributed by atoms with Crippen molar-refractivity contribution >= 4 is 5.95 Å². The molecule has 1 aromatic rings. The van der Waals surface area contributed by atoms with Crippen LogP contribution in [-0.2, 0) is 4.74 Å². The lowest BCUT2D eigenvalue weighted by atomic mass is 10.0. The third kappa shape index (κ3) is 4.67. The van der Waals surface area contributed by atoms with Crippen molar-refractivity contribution < 1.29 is 9.47 Å². The van der Waals surface area contributed by atoms with Crippen molar-refractivity contribution in [2.24, 2.45) is 5.92 Å². The normalized spacial score (nSPS) is 16.3. The molecule has 0 radical (unpaired) electrons. The van der Waals surface area contributed by atoms with Crippen molar-refractivity contribution in [2.75, 3.05) is 31.7 Å². The van der Waals surface area contributed by atoms with Crippen molar-refractivity contribution in [1.29, 1.82) is 0 Å². The number of aryl methyl sites for hydroxylation is 1. The first-order valence-corrected chi connectivity index (χ1v) is 7.08. The minimum atomic E-state index is 0.580. The largest absolute Gasteiger partial charge is 0.477 e. The smallest absolute Gasteiger partial charge is 0.226 e. The third-order valence-corrected chi connectivity index (χ3v) is 3.17. The molecule has 5 heteroatoms. The van der Waals surface area contributed by atoms with Crippen molar-refractivity contribution in [3.8, 4) is 5.88 Å². The second-order valence-electron chi connectivity index (χ2n) is 4.96. The number of nitrogens with zero attached hydrogens (tertiary/aromatic N) is 2. The van der Waals surface area contributed by atoms with Crippen LogP contribution in [0, 0.1) is 12.8 Å². The minimum absolute atomic E-state index is 0.580. The van der Waals surface area contributed by atoms with E-state index in [2.05, 4.69) is 22.2 Å². The Kier molecular flexibility index (Phi) is 5.39. The van der Waals surface area contributed by atoms with Crippen LogP contribution in [0.15, 0.2) is 6.07 Å². The molecule has 0 atom stereocenters. The van der Waals surface area contributed by atoms with Gasteiger partial charge in [-0.3, -0.25) is 0 Å². The zero-order valence-corrected chi connectivity index (χ0v) is 11.8. The van der Waals surface area contributed by atoms with Gasteiger partial charge in [0.25, 0.3) is 0 Å². The molecule has 2 rings (SSSR count). The number of hydrogen-bond donors (Lipinski definition) is 1. The average molecular weight is 265 g/mol. The van der Waals surface area contributed by atoms with Crippen LogP contribution < -0.4 is 10.1 Å². The van der Waals surface area contributed by atoms with Gasteiger partial charge in [0.2, 0.25) is 11.8 Å². The van der Waals surface area contributed by atoms with Crippen molar-refractivity contribution in [2.45, 2.75) is 33.1 Å². The van der Waals surface area contributed by atoms with Gasteiger partial charge in [-0.2, -0.15) is 4.98 Å². The molecule has 1 saturated heterocycles. The summed E-state index contributed by atoms with van der Waals surface area (Å²) in [6.07, 6.45) is 3.20. The molecule has 0 amide bonds. The lowest BCUT2D eigenvalue weighted by Crippen LogP contribution is -2.21. The van der Waals surface area contributed by atoms with E-state index in [9.17, 15) is 0 Å². The topological polar surface area (TPSA) is 56.3 Å². The van der Waals surface area contributed by atoms with Crippen molar-refractivity contribution in [3.63, 3.8) is 0 Å². The summed E-state index contributed by atoms with van der Waals surface area (Å²) < 4.78 is 11.1. The molecule has 106 valence electrons. The third-order valence-electron chi connectivity index (χ3n) is 3.17. The quantitative estimate of drug-likeness (QED) is 0.856. The van der Waals surface area contributed by atoms with Gasteiger partial charge in [0.1, 0.15) is 0 Å². The van der Waals surface area contributed by atoms with Crippen LogP contribution in [0.25, 0.3) is 0 Å². The summed E-state index contributed by atoms with van der Waals surface area (Å²) in [5, 5.41) is 3.19. The van der Waals surface area contributed by atoms with E-state index in [1.807, 2.05) is 13.0 Å². The van der Waals surface area contributed by atoms with Crippen LogP contribution in [0.4, 0.5) is 5.95 Å². The second kappa shape index (κ2) is 7.28. The van der Waals surface area contributed by atoms with Gasteiger partial charge in [0, 0.05) is 31.5 Å². The lowest BCUT2D eigenvalue weighted by Gasteiger charge is -2.21. The van der Waals surface area contributed by atoms with Crippen LogP contribution >= 0.6 is 0 Å². The van der Waals surface area contributed by atoms with Gasteiger partial charge >= 0.3 is 0 Å². The first-order chi connectivity index (χ1) is 9.28. The van der Waals surface area contributed by atoms with E-state index in [-0.39, 0.29) is 0 Å². The molecular weight excluding hydrogens is 242 g/mol. The monoisotopic (exact) mass is 265 g/mol. The van der Waals surface area contributed by atoms with E-state index in [4.69, 9.17) is 9.47 Å². The van der Waals surface area contributed by atoms with E-state index in [1.165, 1.54) is 0 Å². The summed E-state index contributed by atoms with van der Waals surface area (Å²) in [7, 11) is 0. The number of ether oxygens (including phenoxy) is 2. The molecule has 0 aromatic carbocycles. The molecule has 0 saturated carbocycles.